The number of carbonyl (C=O) groups excluding carboxylic acids is 2. The fraction of sp³-hybridized carbons (Fsp3) is 0.867. The minimum absolute atomic E-state index is 0.0104. The molecular weight excluding hydrogens is 270 g/mol. The van der Waals surface area contributed by atoms with E-state index in [1.54, 1.807) is 7.05 Å². The highest BCUT2D eigenvalue weighted by molar-refractivity contribution is 6.05. The van der Waals surface area contributed by atoms with Gasteiger partial charge in [-0.1, -0.05) is 13.3 Å². The summed E-state index contributed by atoms with van der Waals surface area (Å²) in [5.41, 5.74) is -0.806. The van der Waals surface area contributed by atoms with Crippen molar-refractivity contribution in [1.82, 2.24) is 15.1 Å². The molecule has 1 saturated heterocycles. The van der Waals surface area contributed by atoms with Gasteiger partial charge < -0.3 is 15.3 Å². The van der Waals surface area contributed by atoms with Crippen LogP contribution in [0.4, 0.5) is 0 Å². The molecule has 6 nitrogen and oxygen atoms in total. The molecule has 0 aromatic rings. The van der Waals surface area contributed by atoms with Gasteiger partial charge in [0, 0.05) is 39.8 Å². The molecule has 0 unspecified atom stereocenters. The lowest BCUT2D eigenvalue weighted by atomic mass is 9.67. The van der Waals surface area contributed by atoms with Gasteiger partial charge in [0.25, 0.3) is 0 Å². The predicted octanol–water partition coefficient (Wildman–Crippen LogP) is -0.182. The van der Waals surface area contributed by atoms with Crippen molar-refractivity contribution in [2.45, 2.75) is 38.7 Å². The molecule has 2 amide bonds. The highest BCUT2D eigenvalue weighted by atomic mass is 16.3. The van der Waals surface area contributed by atoms with Gasteiger partial charge in [-0.15, -0.1) is 0 Å². The Balaban J connectivity index is 1.89. The minimum Gasteiger partial charge on any atom is -0.392 e. The van der Waals surface area contributed by atoms with Gasteiger partial charge in [-0.2, -0.15) is 0 Å². The zero-order valence-electron chi connectivity index (χ0n) is 13.1. The van der Waals surface area contributed by atoms with Gasteiger partial charge in [0.15, 0.2) is 0 Å². The van der Waals surface area contributed by atoms with Gasteiger partial charge in [-0.25, -0.2) is 0 Å². The Morgan fingerprint density at radius 2 is 1.86 bits per heavy atom. The van der Waals surface area contributed by atoms with E-state index in [0.29, 0.717) is 32.5 Å². The van der Waals surface area contributed by atoms with Crippen molar-refractivity contribution in [3.63, 3.8) is 0 Å². The summed E-state index contributed by atoms with van der Waals surface area (Å²) in [6.07, 6.45) is 2.73. The summed E-state index contributed by atoms with van der Waals surface area (Å²) in [7, 11) is 1.60. The van der Waals surface area contributed by atoms with Crippen molar-refractivity contribution < 1.29 is 14.7 Å². The SMILES string of the molecule is CC[C@@H](O)CN1CCN(C(=O)C2(C(=O)NC)CCC2)CC1. The van der Waals surface area contributed by atoms with Crippen molar-refractivity contribution in [3.8, 4) is 0 Å². The first-order valence-corrected chi connectivity index (χ1v) is 7.95. The number of hydrogen-bond donors (Lipinski definition) is 2. The van der Waals surface area contributed by atoms with Crippen LogP contribution in [0.5, 0.6) is 0 Å². The first-order valence-electron chi connectivity index (χ1n) is 7.95. The molecule has 2 rings (SSSR count). The van der Waals surface area contributed by atoms with E-state index in [-0.39, 0.29) is 17.9 Å². The Kier molecular flexibility index (Phi) is 5.22. The van der Waals surface area contributed by atoms with Gasteiger partial charge in [-0.3, -0.25) is 14.5 Å². The second kappa shape index (κ2) is 6.75. The lowest BCUT2D eigenvalue weighted by Gasteiger charge is -2.44. The average molecular weight is 297 g/mol. The van der Waals surface area contributed by atoms with E-state index in [0.717, 1.165) is 25.9 Å². The Labute approximate surface area is 126 Å². The van der Waals surface area contributed by atoms with Gasteiger partial charge in [0.05, 0.1) is 6.10 Å². The van der Waals surface area contributed by atoms with Crippen LogP contribution in [-0.4, -0.2) is 72.6 Å². The van der Waals surface area contributed by atoms with Gasteiger partial charge in [-0.05, 0) is 19.3 Å². The monoisotopic (exact) mass is 297 g/mol. The normalized spacial score (nSPS) is 23.3. The second-order valence-corrected chi connectivity index (χ2v) is 6.17. The van der Waals surface area contributed by atoms with E-state index in [2.05, 4.69) is 10.2 Å². The zero-order valence-corrected chi connectivity index (χ0v) is 13.1. The Morgan fingerprint density at radius 1 is 1.24 bits per heavy atom. The topological polar surface area (TPSA) is 72.9 Å². The number of aliphatic hydroxyl groups excluding tert-OH is 1. The molecule has 0 radical (unpaired) electrons. The van der Waals surface area contributed by atoms with Gasteiger partial charge in [0.1, 0.15) is 5.41 Å². The van der Waals surface area contributed by atoms with Gasteiger partial charge in [0.2, 0.25) is 11.8 Å². The summed E-state index contributed by atoms with van der Waals surface area (Å²) in [5.74, 6) is -0.147. The third kappa shape index (κ3) is 3.21. The molecule has 0 bridgehead atoms. The molecule has 21 heavy (non-hydrogen) atoms. The quantitative estimate of drug-likeness (QED) is 0.690. The molecular formula is C15H27N3O3. The first-order chi connectivity index (χ1) is 10.0. The summed E-state index contributed by atoms with van der Waals surface area (Å²) in [5, 5.41) is 12.3. The van der Waals surface area contributed by atoms with E-state index in [9.17, 15) is 14.7 Å². The van der Waals surface area contributed by atoms with Crippen LogP contribution in [0, 0.1) is 5.41 Å². The van der Waals surface area contributed by atoms with Crippen molar-refractivity contribution >= 4 is 11.8 Å². The molecule has 6 heteroatoms. The molecule has 2 aliphatic rings. The average Bonchev–Trinajstić information content (AvgIpc) is 2.46. The molecule has 1 atom stereocenters. The number of rotatable bonds is 5. The standard InChI is InChI=1S/C15H27N3O3/c1-3-12(19)11-17-7-9-18(10-8-17)14(21)15(5-4-6-15)13(20)16-2/h12,19H,3-11H2,1-2H3,(H,16,20)/t12-/m1/s1. The number of nitrogens with zero attached hydrogens (tertiary/aromatic N) is 2. The lowest BCUT2D eigenvalue weighted by Crippen LogP contribution is -2.59. The minimum atomic E-state index is -0.806. The summed E-state index contributed by atoms with van der Waals surface area (Å²) >= 11 is 0. The summed E-state index contributed by atoms with van der Waals surface area (Å²) < 4.78 is 0. The molecule has 0 spiro atoms. The molecule has 0 aromatic heterocycles. The van der Waals surface area contributed by atoms with Crippen molar-refractivity contribution in [1.29, 1.82) is 0 Å². The predicted molar refractivity (Wildman–Crippen MR) is 79.7 cm³/mol. The maximum atomic E-state index is 12.7. The lowest BCUT2D eigenvalue weighted by molar-refractivity contribution is -0.158. The van der Waals surface area contributed by atoms with Crippen LogP contribution in [-0.2, 0) is 9.59 Å². The number of piperazine rings is 1. The largest absolute Gasteiger partial charge is 0.392 e. The molecule has 1 saturated carbocycles. The van der Waals surface area contributed by atoms with Crippen molar-refractivity contribution in [3.05, 3.63) is 0 Å². The van der Waals surface area contributed by atoms with Crippen LogP contribution in [0.1, 0.15) is 32.6 Å². The number of aliphatic hydroxyl groups is 1. The Bertz CT molecular complexity index is 388. The van der Waals surface area contributed by atoms with Crippen LogP contribution in [0.3, 0.4) is 0 Å². The van der Waals surface area contributed by atoms with Crippen LogP contribution in [0.15, 0.2) is 0 Å². The number of hydrogen-bond acceptors (Lipinski definition) is 4. The second-order valence-electron chi connectivity index (χ2n) is 6.17. The number of nitrogens with one attached hydrogen (secondary N) is 1. The van der Waals surface area contributed by atoms with Gasteiger partial charge >= 0.3 is 0 Å². The molecule has 1 aliphatic carbocycles. The molecule has 2 fully saturated rings. The maximum absolute atomic E-state index is 12.7. The molecule has 2 N–H and O–H groups in total. The van der Waals surface area contributed by atoms with Crippen LogP contribution >= 0.6 is 0 Å². The number of β-amino-alcohol motifs (C(OH)–C–C–N with tert-alkyl or cyclic N) is 1. The zero-order chi connectivity index (χ0) is 15.5. The van der Waals surface area contributed by atoms with Crippen LogP contribution < -0.4 is 5.32 Å². The van der Waals surface area contributed by atoms with Crippen LogP contribution in [0.2, 0.25) is 0 Å². The molecule has 120 valence electrons. The fourth-order valence-corrected chi connectivity index (χ4v) is 3.17. The van der Waals surface area contributed by atoms with Crippen molar-refractivity contribution in [2.75, 3.05) is 39.8 Å². The summed E-state index contributed by atoms with van der Waals surface area (Å²) in [6, 6.07) is 0. The number of amides is 2. The van der Waals surface area contributed by atoms with Crippen LogP contribution in [0.25, 0.3) is 0 Å². The maximum Gasteiger partial charge on any atom is 0.238 e. The first kappa shape index (κ1) is 16.2. The fourth-order valence-electron chi connectivity index (χ4n) is 3.17. The number of carbonyl (C=O) groups is 2. The van der Waals surface area contributed by atoms with E-state index in [1.807, 2.05) is 11.8 Å². The van der Waals surface area contributed by atoms with E-state index in [1.165, 1.54) is 0 Å². The summed E-state index contributed by atoms with van der Waals surface area (Å²) in [6.45, 7) is 5.47. The van der Waals surface area contributed by atoms with Crippen molar-refractivity contribution in [2.24, 2.45) is 5.41 Å². The highest BCUT2D eigenvalue weighted by Gasteiger charge is 2.52. The highest BCUT2D eigenvalue weighted by Crippen LogP contribution is 2.42. The molecule has 0 aromatic carbocycles. The summed E-state index contributed by atoms with van der Waals surface area (Å²) in [4.78, 5) is 28.7. The smallest absolute Gasteiger partial charge is 0.238 e. The van der Waals surface area contributed by atoms with E-state index < -0.39 is 5.41 Å². The van der Waals surface area contributed by atoms with E-state index >= 15 is 0 Å². The molecule has 1 heterocycles. The Morgan fingerprint density at radius 3 is 2.29 bits per heavy atom. The Hall–Kier alpha value is -1.14. The van der Waals surface area contributed by atoms with E-state index in [4.69, 9.17) is 0 Å². The third-order valence-electron chi connectivity index (χ3n) is 4.88. The third-order valence-corrected chi connectivity index (χ3v) is 4.88. The molecule has 1 aliphatic heterocycles.